The molecule has 3 N–H and O–H groups in total. The van der Waals surface area contributed by atoms with Gasteiger partial charge in [0, 0.05) is 17.8 Å². The molecule has 0 saturated heterocycles. The number of ether oxygens (including phenoxy) is 1. The lowest BCUT2D eigenvalue weighted by molar-refractivity contribution is 0.463. The molecule has 3 aromatic heterocycles. The number of aromatic amines is 1. The molecule has 0 aliphatic carbocycles. The first-order chi connectivity index (χ1) is 11.7. The fourth-order valence-electron chi connectivity index (χ4n) is 2.32. The molecule has 0 spiro atoms. The first-order valence-electron chi connectivity index (χ1n) is 7.05. The highest BCUT2D eigenvalue weighted by Gasteiger charge is 2.12. The molecule has 7 nitrogen and oxygen atoms in total. The maximum absolute atomic E-state index is 5.93. The summed E-state index contributed by atoms with van der Waals surface area (Å²) in [6.45, 7) is 0. The minimum absolute atomic E-state index is 0.384. The quantitative estimate of drug-likeness (QED) is 0.593. The van der Waals surface area contributed by atoms with Crippen LogP contribution in [-0.2, 0) is 0 Å². The fourth-order valence-corrected chi connectivity index (χ4v) is 2.43. The van der Waals surface area contributed by atoms with Crippen molar-refractivity contribution in [2.45, 2.75) is 0 Å². The van der Waals surface area contributed by atoms with E-state index in [2.05, 4.69) is 25.1 Å². The summed E-state index contributed by atoms with van der Waals surface area (Å²) in [5, 5.41) is 8.35. The number of nitrogens with zero attached hydrogens (tertiary/aromatic N) is 4. The first-order valence-corrected chi connectivity index (χ1v) is 7.43. The van der Waals surface area contributed by atoms with Crippen LogP contribution < -0.4 is 10.5 Å². The van der Waals surface area contributed by atoms with Gasteiger partial charge in [0.05, 0.1) is 16.1 Å². The highest BCUT2D eigenvalue weighted by atomic mass is 35.5. The van der Waals surface area contributed by atoms with Gasteiger partial charge in [0.2, 0.25) is 5.88 Å². The third kappa shape index (κ3) is 2.61. The summed E-state index contributed by atoms with van der Waals surface area (Å²) in [7, 11) is 0. The topological polar surface area (TPSA) is 103 Å². The molecule has 24 heavy (non-hydrogen) atoms. The Bertz CT molecular complexity index is 997. The zero-order valence-electron chi connectivity index (χ0n) is 12.3. The van der Waals surface area contributed by atoms with Crippen molar-refractivity contribution in [3.63, 3.8) is 0 Å². The number of nitrogens with one attached hydrogen (secondary N) is 1. The Morgan fingerprint density at radius 3 is 2.58 bits per heavy atom. The fraction of sp³-hybridized carbons (Fsp3) is 0. The average molecular weight is 339 g/mol. The highest BCUT2D eigenvalue weighted by molar-refractivity contribution is 6.30. The second-order valence-corrected chi connectivity index (χ2v) is 5.43. The van der Waals surface area contributed by atoms with E-state index in [9.17, 15) is 0 Å². The van der Waals surface area contributed by atoms with Gasteiger partial charge in [-0.1, -0.05) is 11.6 Å². The molecule has 0 aliphatic rings. The lowest BCUT2D eigenvalue weighted by atomic mass is 10.1. The van der Waals surface area contributed by atoms with Gasteiger partial charge in [-0.15, -0.1) is 0 Å². The third-order valence-electron chi connectivity index (χ3n) is 3.45. The summed E-state index contributed by atoms with van der Waals surface area (Å²) in [6.07, 6.45) is 2.92. The van der Waals surface area contributed by atoms with E-state index in [4.69, 9.17) is 22.1 Å². The van der Waals surface area contributed by atoms with E-state index in [1.165, 1.54) is 12.5 Å². The highest BCUT2D eigenvalue weighted by Crippen LogP contribution is 2.30. The summed E-state index contributed by atoms with van der Waals surface area (Å²) in [5.41, 5.74) is 8.12. The Morgan fingerprint density at radius 2 is 1.83 bits per heavy atom. The van der Waals surface area contributed by atoms with Crippen LogP contribution in [0.4, 0.5) is 5.82 Å². The van der Waals surface area contributed by atoms with Crippen molar-refractivity contribution in [2.75, 3.05) is 5.73 Å². The van der Waals surface area contributed by atoms with Crippen molar-refractivity contribution in [2.24, 2.45) is 0 Å². The van der Waals surface area contributed by atoms with Crippen molar-refractivity contribution >= 4 is 28.5 Å². The first kappa shape index (κ1) is 14.4. The number of fused-ring (bicyclic) bond motifs is 1. The van der Waals surface area contributed by atoms with Crippen LogP contribution in [0.2, 0.25) is 5.02 Å². The monoisotopic (exact) mass is 338 g/mol. The van der Waals surface area contributed by atoms with Crippen molar-refractivity contribution in [3.8, 4) is 22.9 Å². The Balaban J connectivity index is 1.64. The van der Waals surface area contributed by atoms with E-state index in [0.717, 1.165) is 11.3 Å². The zero-order chi connectivity index (χ0) is 16.5. The van der Waals surface area contributed by atoms with E-state index < -0.39 is 0 Å². The number of pyridine rings is 1. The second-order valence-electron chi connectivity index (χ2n) is 5.00. The molecule has 0 atom stereocenters. The summed E-state index contributed by atoms with van der Waals surface area (Å²) in [5.74, 6) is 1.51. The Hall–Kier alpha value is -3.19. The van der Waals surface area contributed by atoms with Gasteiger partial charge in [-0.2, -0.15) is 5.10 Å². The second kappa shape index (κ2) is 5.78. The third-order valence-corrected chi connectivity index (χ3v) is 3.67. The Morgan fingerprint density at radius 1 is 1.00 bits per heavy atom. The van der Waals surface area contributed by atoms with Crippen molar-refractivity contribution < 1.29 is 4.74 Å². The molecule has 0 fully saturated rings. The van der Waals surface area contributed by atoms with E-state index in [0.29, 0.717) is 33.5 Å². The molecular formula is C16H11ClN6O. The van der Waals surface area contributed by atoms with Crippen molar-refractivity contribution in [3.05, 3.63) is 53.9 Å². The molecular weight excluding hydrogens is 328 g/mol. The molecule has 4 rings (SSSR count). The largest absolute Gasteiger partial charge is 0.439 e. The molecule has 0 aliphatic heterocycles. The molecule has 118 valence electrons. The lowest BCUT2D eigenvalue weighted by Crippen LogP contribution is -1.92. The number of anilines is 1. The molecule has 0 saturated carbocycles. The van der Waals surface area contributed by atoms with Crippen LogP contribution in [0, 0.1) is 0 Å². The number of hydrogen-bond acceptors (Lipinski definition) is 6. The van der Waals surface area contributed by atoms with E-state index >= 15 is 0 Å². The normalized spacial score (nSPS) is 10.9. The summed E-state index contributed by atoms with van der Waals surface area (Å²) in [6, 6.07) is 10.9. The van der Waals surface area contributed by atoms with Gasteiger partial charge in [0.15, 0.2) is 5.65 Å². The predicted molar refractivity (Wildman–Crippen MR) is 90.9 cm³/mol. The standard InChI is InChI=1S/C16H11ClN6O/c17-10-3-6-12(19-7-10)24-11-4-1-9(2-5-11)14-13-15(18)20-8-21-16(13)23-22-14/h1-8H,(H3,18,20,21,22,23). The van der Waals surface area contributed by atoms with E-state index in [1.807, 2.05) is 24.3 Å². The molecule has 1 aromatic carbocycles. The van der Waals surface area contributed by atoms with Gasteiger partial charge in [0.25, 0.3) is 0 Å². The summed E-state index contributed by atoms with van der Waals surface area (Å²) in [4.78, 5) is 12.2. The van der Waals surface area contributed by atoms with Crippen molar-refractivity contribution in [1.29, 1.82) is 0 Å². The van der Waals surface area contributed by atoms with Gasteiger partial charge in [-0.3, -0.25) is 5.10 Å². The molecule has 0 amide bonds. The molecule has 0 radical (unpaired) electrons. The molecule has 8 heteroatoms. The smallest absolute Gasteiger partial charge is 0.219 e. The van der Waals surface area contributed by atoms with Crippen molar-refractivity contribution in [1.82, 2.24) is 25.1 Å². The number of aromatic nitrogens is 5. The number of nitrogen functional groups attached to an aromatic ring is 1. The number of benzene rings is 1. The van der Waals surface area contributed by atoms with Crippen LogP contribution in [-0.4, -0.2) is 25.1 Å². The maximum atomic E-state index is 5.93. The molecule has 0 bridgehead atoms. The van der Waals surface area contributed by atoms with E-state index in [-0.39, 0.29) is 0 Å². The summed E-state index contributed by atoms with van der Waals surface area (Å²) >= 11 is 5.81. The molecule has 4 aromatic rings. The Kier molecular flexibility index (Phi) is 3.47. The minimum atomic E-state index is 0.384. The lowest BCUT2D eigenvalue weighted by Gasteiger charge is -2.06. The number of halogens is 1. The van der Waals surface area contributed by atoms with Gasteiger partial charge in [0.1, 0.15) is 17.9 Å². The number of rotatable bonds is 3. The van der Waals surface area contributed by atoms with Gasteiger partial charge >= 0.3 is 0 Å². The minimum Gasteiger partial charge on any atom is -0.439 e. The molecule has 0 unspecified atom stereocenters. The van der Waals surface area contributed by atoms with Gasteiger partial charge in [-0.05, 0) is 30.3 Å². The van der Waals surface area contributed by atoms with Crippen LogP contribution in [0.1, 0.15) is 0 Å². The van der Waals surface area contributed by atoms with Gasteiger partial charge in [-0.25, -0.2) is 15.0 Å². The van der Waals surface area contributed by atoms with Crippen LogP contribution in [0.25, 0.3) is 22.3 Å². The SMILES string of the molecule is Nc1ncnc2n[nH]c(-c3ccc(Oc4ccc(Cl)cn4)cc3)c12. The summed E-state index contributed by atoms with van der Waals surface area (Å²) < 4.78 is 5.67. The van der Waals surface area contributed by atoms with Crippen LogP contribution >= 0.6 is 11.6 Å². The number of hydrogen-bond donors (Lipinski definition) is 2. The Labute approximate surface area is 141 Å². The predicted octanol–water partition coefficient (Wildman–Crippen LogP) is 3.44. The number of H-pyrrole nitrogens is 1. The van der Waals surface area contributed by atoms with Crippen LogP contribution in [0.3, 0.4) is 0 Å². The number of nitrogens with two attached hydrogens (primary N) is 1. The molecule has 3 heterocycles. The van der Waals surface area contributed by atoms with E-state index in [1.54, 1.807) is 12.1 Å². The van der Waals surface area contributed by atoms with Gasteiger partial charge < -0.3 is 10.5 Å². The maximum Gasteiger partial charge on any atom is 0.219 e. The average Bonchev–Trinajstić information content (AvgIpc) is 3.03. The van der Waals surface area contributed by atoms with Crippen LogP contribution in [0.5, 0.6) is 11.6 Å². The van der Waals surface area contributed by atoms with Crippen LogP contribution in [0.15, 0.2) is 48.9 Å². The zero-order valence-corrected chi connectivity index (χ0v) is 13.0.